The highest BCUT2D eigenvalue weighted by molar-refractivity contribution is 7.07. The Morgan fingerprint density at radius 2 is 2.06 bits per heavy atom. The molecular formula is C14H16N2OS. The highest BCUT2D eigenvalue weighted by Crippen LogP contribution is 2.09. The maximum absolute atomic E-state index is 11.8. The fraction of sp³-hybridized carbons (Fsp3) is 0.214. The van der Waals surface area contributed by atoms with Crippen LogP contribution in [0, 0.1) is 0 Å². The lowest BCUT2D eigenvalue weighted by Crippen LogP contribution is -2.29. The second-order valence-corrected chi connectivity index (χ2v) is 5.00. The predicted octanol–water partition coefficient (Wildman–Crippen LogP) is 2.82. The minimum absolute atomic E-state index is 0.0129. The quantitative estimate of drug-likeness (QED) is 0.896. The van der Waals surface area contributed by atoms with Gasteiger partial charge in [0.2, 0.25) is 5.91 Å². The van der Waals surface area contributed by atoms with E-state index in [1.54, 1.807) is 11.3 Å². The molecule has 1 N–H and O–H groups in total. The number of amides is 1. The van der Waals surface area contributed by atoms with Gasteiger partial charge in [-0.05, 0) is 41.6 Å². The maximum Gasteiger partial charge on any atom is 0.238 e. The van der Waals surface area contributed by atoms with E-state index in [1.165, 1.54) is 5.56 Å². The van der Waals surface area contributed by atoms with Crippen LogP contribution in [0.4, 0.5) is 5.69 Å². The number of para-hydroxylation sites is 1. The molecule has 2 rings (SSSR count). The number of anilines is 1. The minimum Gasteiger partial charge on any atom is -0.325 e. The Hall–Kier alpha value is -1.65. The predicted molar refractivity (Wildman–Crippen MR) is 75.7 cm³/mol. The van der Waals surface area contributed by atoms with Crippen LogP contribution in [0.3, 0.4) is 0 Å². The standard InChI is InChI=1S/C14H16N2OS/c1-16(9-12-7-8-18-11-12)10-14(17)15-13-5-3-2-4-6-13/h2-8,11H,9-10H2,1H3,(H,15,17). The van der Waals surface area contributed by atoms with E-state index in [0.29, 0.717) is 6.54 Å². The molecule has 0 atom stereocenters. The number of rotatable bonds is 5. The summed E-state index contributed by atoms with van der Waals surface area (Å²) in [5, 5.41) is 7.03. The van der Waals surface area contributed by atoms with Gasteiger partial charge in [-0.25, -0.2) is 0 Å². The molecule has 0 saturated carbocycles. The summed E-state index contributed by atoms with van der Waals surface area (Å²) in [5.41, 5.74) is 2.08. The number of nitrogens with zero attached hydrogens (tertiary/aromatic N) is 1. The van der Waals surface area contributed by atoms with Gasteiger partial charge in [-0.2, -0.15) is 11.3 Å². The van der Waals surface area contributed by atoms with Crippen molar-refractivity contribution >= 4 is 22.9 Å². The maximum atomic E-state index is 11.8. The molecule has 2 aromatic rings. The molecule has 94 valence electrons. The summed E-state index contributed by atoms with van der Waals surface area (Å²) in [7, 11) is 1.95. The zero-order valence-electron chi connectivity index (χ0n) is 10.3. The summed E-state index contributed by atoms with van der Waals surface area (Å²) in [5.74, 6) is 0.0129. The van der Waals surface area contributed by atoms with E-state index in [2.05, 4.69) is 16.8 Å². The van der Waals surface area contributed by atoms with Crippen molar-refractivity contribution in [2.45, 2.75) is 6.54 Å². The van der Waals surface area contributed by atoms with Crippen LogP contribution in [-0.4, -0.2) is 24.4 Å². The van der Waals surface area contributed by atoms with Gasteiger partial charge in [0, 0.05) is 12.2 Å². The van der Waals surface area contributed by atoms with Gasteiger partial charge in [-0.3, -0.25) is 9.69 Å². The van der Waals surface area contributed by atoms with Crippen molar-refractivity contribution < 1.29 is 4.79 Å². The smallest absolute Gasteiger partial charge is 0.238 e. The Labute approximate surface area is 111 Å². The summed E-state index contributed by atoms with van der Waals surface area (Å²) < 4.78 is 0. The van der Waals surface area contributed by atoms with Crippen LogP contribution in [0.25, 0.3) is 0 Å². The van der Waals surface area contributed by atoms with Crippen LogP contribution in [0.2, 0.25) is 0 Å². The number of nitrogens with one attached hydrogen (secondary N) is 1. The van der Waals surface area contributed by atoms with Crippen LogP contribution >= 0.6 is 11.3 Å². The van der Waals surface area contributed by atoms with E-state index in [9.17, 15) is 4.79 Å². The topological polar surface area (TPSA) is 32.3 Å². The summed E-state index contributed by atoms with van der Waals surface area (Å²) in [6, 6.07) is 11.6. The molecule has 0 radical (unpaired) electrons. The van der Waals surface area contributed by atoms with Gasteiger partial charge in [0.25, 0.3) is 0 Å². The first-order chi connectivity index (χ1) is 8.74. The molecule has 18 heavy (non-hydrogen) atoms. The van der Waals surface area contributed by atoms with E-state index >= 15 is 0 Å². The Morgan fingerprint density at radius 1 is 1.28 bits per heavy atom. The summed E-state index contributed by atoms with van der Waals surface area (Å²) in [6.07, 6.45) is 0. The Kier molecular flexibility index (Phi) is 4.50. The van der Waals surface area contributed by atoms with Crippen LogP contribution in [0.15, 0.2) is 47.2 Å². The van der Waals surface area contributed by atoms with Gasteiger partial charge < -0.3 is 5.32 Å². The Balaban J connectivity index is 1.80. The lowest BCUT2D eigenvalue weighted by molar-refractivity contribution is -0.117. The molecule has 0 saturated heterocycles. The van der Waals surface area contributed by atoms with Crippen molar-refractivity contribution in [1.82, 2.24) is 4.90 Å². The first-order valence-electron chi connectivity index (χ1n) is 5.78. The number of benzene rings is 1. The van der Waals surface area contributed by atoms with Crippen molar-refractivity contribution in [3.05, 3.63) is 52.7 Å². The fourth-order valence-electron chi connectivity index (χ4n) is 1.72. The first kappa shape index (κ1) is 12.8. The summed E-state index contributed by atoms with van der Waals surface area (Å²) in [6.45, 7) is 1.19. The van der Waals surface area contributed by atoms with Crippen molar-refractivity contribution in [1.29, 1.82) is 0 Å². The molecule has 0 aliphatic heterocycles. The van der Waals surface area contributed by atoms with E-state index in [-0.39, 0.29) is 5.91 Å². The zero-order chi connectivity index (χ0) is 12.8. The third-order valence-corrected chi connectivity index (χ3v) is 3.24. The van der Waals surface area contributed by atoms with Crippen LogP contribution < -0.4 is 5.32 Å². The van der Waals surface area contributed by atoms with Gasteiger partial charge in [0.05, 0.1) is 6.54 Å². The van der Waals surface area contributed by atoms with Crippen molar-refractivity contribution in [3.8, 4) is 0 Å². The molecule has 0 spiro atoms. The second-order valence-electron chi connectivity index (χ2n) is 4.22. The average molecular weight is 260 g/mol. The number of carbonyl (C=O) groups excluding carboxylic acids is 1. The average Bonchev–Trinajstić information content (AvgIpc) is 2.82. The SMILES string of the molecule is CN(CC(=O)Nc1ccccc1)Cc1ccsc1. The molecule has 3 nitrogen and oxygen atoms in total. The van der Waals surface area contributed by atoms with E-state index in [1.807, 2.05) is 47.7 Å². The minimum atomic E-state index is 0.0129. The first-order valence-corrected chi connectivity index (χ1v) is 6.73. The molecule has 4 heteroatoms. The van der Waals surface area contributed by atoms with Crippen LogP contribution in [0.5, 0.6) is 0 Å². The number of thiophene rings is 1. The highest BCUT2D eigenvalue weighted by atomic mass is 32.1. The third-order valence-electron chi connectivity index (χ3n) is 2.50. The zero-order valence-corrected chi connectivity index (χ0v) is 11.1. The normalized spacial score (nSPS) is 10.6. The molecule has 1 aromatic carbocycles. The Morgan fingerprint density at radius 3 is 2.72 bits per heavy atom. The van der Waals surface area contributed by atoms with E-state index < -0.39 is 0 Å². The third kappa shape index (κ3) is 3.98. The van der Waals surface area contributed by atoms with Crippen molar-refractivity contribution in [2.75, 3.05) is 18.9 Å². The van der Waals surface area contributed by atoms with Gasteiger partial charge in [0.15, 0.2) is 0 Å². The molecule has 0 aliphatic rings. The van der Waals surface area contributed by atoms with Gasteiger partial charge in [-0.1, -0.05) is 18.2 Å². The van der Waals surface area contributed by atoms with Crippen molar-refractivity contribution in [2.24, 2.45) is 0 Å². The number of likely N-dealkylation sites (N-methyl/N-ethyl adjacent to an activating group) is 1. The molecule has 1 amide bonds. The highest BCUT2D eigenvalue weighted by Gasteiger charge is 2.07. The molecule has 1 heterocycles. The van der Waals surface area contributed by atoms with E-state index in [0.717, 1.165) is 12.2 Å². The largest absolute Gasteiger partial charge is 0.325 e. The van der Waals surface area contributed by atoms with Crippen LogP contribution in [-0.2, 0) is 11.3 Å². The molecule has 0 unspecified atom stereocenters. The molecule has 0 fully saturated rings. The van der Waals surface area contributed by atoms with Gasteiger partial charge in [-0.15, -0.1) is 0 Å². The second kappa shape index (κ2) is 6.33. The molecule has 1 aromatic heterocycles. The number of carbonyl (C=O) groups is 1. The number of hydrogen-bond donors (Lipinski definition) is 1. The van der Waals surface area contributed by atoms with E-state index in [4.69, 9.17) is 0 Å². The summed E-state index contributed by atoms with van der Waals surface area (Å²) >= 11 is 1.68. The van der Waals surface area contributed by atoms with Gasteiger partial charge in [0.1, 0.15) is 0 Å². The molecule has 0 bridgehead atoms. The van der Waals surface area contributed by atoms with Crippen molar-refractivity contribution in [3.63, 3.8) is 0 Å². The van der Waals surface area contributed by atoms with Gasteiger partial charge >= 0.3 is 0 Å². The lowest BCUT2D eigenvalue weighted by atomic mass is 10.3. The fourth-order valence-corrected chi connectivity index (χ4v) is 2.38. The summed E-state index contributed by atoms with van der Waals surface area (Å²) in [4.78, 5) is 13.8. The van der Waals surface area contributed by atoms with Crippen LogP contribution in [0.1, 0.15) is 5.56 Å². The molecule has 0 aliphatic carbocycles. The lowest BCUT2D eigenvalue weighted by Gasteiger charge is -2.15. The number of hydrogen-bond acceptors (Lipinski definition) is 3. The monoisotopic (exact) mass is 260 g/mol. The molecular weight excluding hydrogens is 244 g/mol. The Bertz CT molecular complexity index is 482.